The Balaban J connectivity index is 1.85. The van der Waals surface area contributed by atoms with Crippen molar-refractivity contribution in [1.82, 2.24) is 19.8 Å². The molecule has 0 aliphatic heterocycles. The number of hydrogen-bond acceptors (Lipinski definition) is 4. The van der Waals surface area contributed by atoms with E-state index in [4.69, 9.17) is 16.3 Å². The zero-order valence-corrected chi connectivity index (χ0v) is 10.1. The molecular formula is C12H9ClN4O. The van der Waals surface area contributed by atoms with Crippen LogP contribution < -0.4 is 4.74 Å². The van der Waals surface area contributed by atoms with Crippen molar-refractivity contribution < 1.29 is 4.74 Å². The fourth-order valence-electron chi connectivity index (χ4n) is 1.57. The third-order valence-corrected chi connectivity index (χ3v) is 2.61. The number of benzene rings is 1. The quantitative estimate of drug-likeness (QED) is 0.725. The lowest BCUT2D eigenvalue weighted by molar-refractivity contribution is 0.292. The molecule has 1 aromatic carbocycles. The molecule has 0 fully saturated rings. The molecule has 0 spiro atoms. The fraction of sp³-hybridized carbons (Fsp3) is 0.0833. The molecule has 0 aliphatic rings. The van der Waals surface area contributed by atoms with Crippen LogP contribution in [0.4, 0.5) is 0 Å². The largest absolute Gasteiger partial charge is 0.486 e. The van der Waals surface area contributed by atoms with E-state index in [-0.39, 0.29) is 0 Å². The Morgan fingerprint density at radius 2 is 1.89 bits per heavy atom. The molecule has 5 nitrogen and oxygen atoms in total. The number of rotatable bonds is 3. The highest BCUT2D eigenvalue weighted by Gasteiger charge is 2.07. The van der Waals surface area contributed by atoms with Gasteiger partial charge in [-0.1, -0.05) is 29.8 Å². The second-order valence-corrected chi connectivity index (χ2v) is 4.03. The predicted octanol–water partition coefficient (Wildman–Crippen LogP) is 2.36. The number of para-hydroxylation sites is 1. The van der Waals surface area contributed by atoms with Gasteiger partial charge in [-0.25, -0.2) is 0 Å². The molecule has 0 atom stereocenters. The Bertz CT molecular complexity index is 668. The van der Waals surface area contributed by atoms with Gasteiger partial charge in [-0.2, -0.15) is 9.61 Å². The Labute approximate surface area is 108 Å². The second kappa shape index (κ2) is 4.62. The molecular weight excluding hydrogens is 252 g/mol. The maximum Gasteiger partial charge on any atom is 0.192 e. The van der Waals surface area contributed by atoms with Crippen LogP contribution in [0.3, 0.4) is 0 Å². The summed E-state index contributed by atoms with van der Waals surface area (Å²) in [6.45, 7) is 0.290. The van der Waals surface area contributed by atoms with E-state index in [1.807, 2.05) is 30.3 Å². The molecule has 0 N–H and O–H groups in total. The summed E-state index contributed by atoms with van der Waals surface area (Å²) < 4.78 is 7.17. The number of nitrogens with zero attached hydrogens (tertiary/aromatic N) is 4. The van der Waals surface area contributed by atoms with Crippen molar-refractivity contribution in [3.63, 3.8) is 0 Å². The van der Waals surface area contributed by atoms with Gasteiger partial charge in [0.2, 0.25) is 0 Å². The second-order valence-electron chi connectivity index (χ2n) is 3.64. The van der Waals surface area contributed by atoms with Crippen LogP contribution >= 0.6 is 11.6 Å². The van der Waals surface area contributed by atoms with E-state index in [9.17, 15) is 0 Å². The van der Waals surface area contributed by atoms with Gasteiger partial charge in [0.15, 0.2) is 11.5 Å². The van der Waals surface area contributed by atoms with E-state index in [1.165, 1.54) is 0 Å². The van der Waals surface area contributed by atoms with E-state index < -0.39 is 0 Å². The first-order chi connectivity index (χ1) is 8.83. The van der Waals surface area contributed by atoms with E-state index in [2.05, 4.69) is 15.3 Å². The van der Waals surface area contributed by atoms with Gasteiger partial charge < -0.3 is 4.74 Å². The zero-order valence-electron chi connectivity index (χ0n) is 9.32. The summed E-state index contributed by atoms with van der Waals surface area (Å²) in [5.74, 6) is 1.38. The van der Waals surface area contributed by atoms with E-state index in [1.54, 1.807) is 16.6 Å². The summed E-state index contributed by atoms with van der Waals surface area (Å²) in [5.41, 5.74) is 0.645. The summed E-state index contributed by atoms with van der Waals surface area (Å²) >= 11 is 5.84. The number of ether oxygens (including phenoxy) is 1. The van der Waals surface area contributed by atoms with Gasteiger partial charge >= 0.3 is 0 Å². The normalized spacial score (nSPS) is 10.7. The number of fused-ring (bicyclic) bond motifs is 1. The molecule has 6 heteroatoms. The van der Waals surface area contributed by atoms with Crippen molar-refractivity contribution in [3.8, 4) is 5.75 Å². The van der Waals surface area contributed by atoms with Crippen molar-refractivity contribution in [2.75, 3.05) is 0 Å². The molecule has 0 bridgehead atoms. The Hall–Kier alpha value is -2.14. The lowest BCUT2D eigenvalue weighted by atomic mass is 10.3. The lowest BCUT2D eigenvalue weighted by Gasteiger charge is -2.03. The van der Waals surface area contributed by atoms with Crippen LogP contribution in [0.25, 0.3) is 5.65 Å². The molecule has 0 saturated heterocycles. The minimum Gasteiger partial charge on any atom is -0.486 e. The predicted molar refractivity (Wildman–Crippen MR) is 66.6 cm³/mol. The van der Waals surface area contributed by atoms with Crippen LogP contribution in [-0.4, -0.2) is 19.8 Å². The van der Waals surface area contributed by atoms with Gasteiger partial charge in [0, 0.05) is 0 Å². The average molecular weight is 261 g/mol. The Kier molecular flexibility index (Phi) is 2.82. The standard InChI is InChI=1S/C12H9ClN4O/c13-10-6-7-11-14-15-12(17(11)16-10)8-18-9-4-2-1-3-5-9/h1-7H,8H2. The minimum absolute atomic E-state index is 0.290. The van der Waals surface area contributed by atoms with Gasteiger partial charge in [0.1, 0.15) is 17.5 Å². The number of aromatic nitrogens is 4. The highest BCUT2D eigenvalue weighted by atomic mass is 35.5. The number of halogens is 1. The van der Waals surface area contributed by atoms with Crippen LogP contribution in [-0.2, 0) is 6.61 Å². The highest BCUT2D eigenvalue weighted by molar-refractivity contribution is 6.29. The van der Waals surface area contributed by atoms with Crippen molar-refractivity contribution in [1.29, 1.82) is 0 Å². The third-order valence-electron chi connectivity index (χ3n) is 2.41. The summed E-state index contributed by atoms with van der Waals surface area (Å²) in [6.07, 6.45) is 0. The first-order valence-electron chi connectivity index (χ1n) is 5.37. The van der Waals surface area contributed by atoms with Crippen molar-refractivity contribution >= 4 is 17.2 Å². The Morgan fingerprint density at radius 1 is 1.06 bits per heavy atom. The third kappa shape index (κ3) is 2.12. The van der Waals surface area contributed by atoms with Gasteiger partial charge in [-0.3, -0.25) is 0 Å². The van der Waals surface area contributed by atoms with Crippen molar-refractivity contribution in [2.45, 2.75) is 6.61 Å². The molecule has 90 valence electrons. The molecule has 3 aromatic rings. The molecule has 0 radical (unpaired) electrons. The topological polar surface area (TPSA) is 52.3 Å². The first kappa shape index (κ1) is 11.0. The zero-order chi connectivity index (χ0) is 12.4. The maximum atomic E-state index is 5.84. The number of hydrogen-bond donors (Lipinski definition) is 0. The average Bonchev–Trinajstić information content (AvgIpc) is 2.80. The summed E-state index contributed by atoms with van der Waals surface area (Å²) in [6, 6.07) is 12.9. The fourth-order valence-corrected chi connectivity index (χ4v) is 1.70. The van der Waals surface area contributed by atoms with Gasteiger partial charge in [0.05, 0.1) is 0 Å². The summed E-state index contributed by atoms with van der Waals surface area (Å²) in [5, 5.41) is 12.5. The molecule has 0 unspecified atom stereocenters. The molecule has 18 heavy (non-hydrogen) atoms. The smallest absolute Gasteiger partial charge is 0.192 e. The molecule has 2 heterocycles. The van der Waals surface area contributed by atoms with E-state index in [0.29, 0.717) is 23.2 Å². The highest BCUT2D eigenvalue weighted by Crippen LogP contribution is 2.12. The lowest BCUT2D eigenvalue weighted by Crippen LogP contribution is -2.03. The molecule has 2 aromatic heterocycles. The maximum absolute atomic E-state index is 5.84. The van der Waals surface area contributed by atoms with Crippen LogP contribution in [0.2, 0.25) is 5.15 Å². The Morgan fingerprint density at radius 3 is 2.72 bits per heavy atom. The molecule has 0 saturated carbocycles. The molecule has 0 aliphatic carbocycles. The van der Waals surface area contributed by atoms with Crippen LogP contribution in [0.1, 0.15) is 5.82 Å². The van der Waals surface area contributed by atoms with Crippen LogP contribution in [0.15, 0.2) is 42.5 Å². The van der Waals surface area contributed by atoms with Crippen molar-refractivity contribution in [2.24, 2.45) is 0 Å². The van der Waals surface area contributed by atoms with Crippen LogP contribution in [0.5, 0.6) is 5.75 Å². The van der Waals surface area contributed by atoms with E-state index in [0.717, 1.165) is 5.75 Å². The first-order valence-corrected chi connectivity index (χ1v) is 5.75. The summed E-state index contributed by atoms with van der Waals surface area (Å²) in [7, 11) is 0. The summed E-state index contributed by atoms with van der Waals surface area (Å²) in [4.78, 5) is 0. The monoisotopic (exact) mass is 260 g/mol. The van der Waals surface area contributed by atoms with Gasteiger partial charge in [-0.05, 0) is 24.3 Å². The van der Waals surface area contributed by atoms with Gasteiger partial charge in [-0.15, -0.1) is 10.2 Å². The molecule has 0 amide bonds. The SMILES string of the molecule is Clc1ccc2nnc(COc3ccccc3)n2n1. The van der Waals surface area contributed by atoms with Crippen molar-refractivity contribution in [3.05, 3.63) is 53.4 Å². The minimum atomic E-state index is 0.290. The van der Waals surface area contributed by atoms with E-state index >= 15 is 0 Å². The van der Waals surface area contributed by atoms with Gasteiger partial charge in [0.25, 0.3) is 0 Å². The molecule has 3 rings (SSSR count). The van der Waals surface area contributed by atoms with Crippen LogP contribution in [0, 0.1) is 0 Å².